The van der Waals surface area contributed by atoms with Gasteiger partial charge in [-0.3, -0.25) is 0 Å². The highest BCUT2D eigenvalue weighted by Gasteiger charge is 2.05. The third-order valence-corrected chi connectivity index (χ3v) is 2.47. The van der Waals surface area contributed by atoms with Gasteiger partial charge in [-0.2, -0.15) is 5.10 Å². The molecule has 0 atom stereocenters. The molecule has 0 unspecified atom stereocenters. The van der Waals surface area contributed by atoms with Gasteiger partial charge >= 0.3 is 0 Å². The van der Waals surface area contributed by atoms with Crippen LogP contribution < -0.4 is 10.6 Å². The van der Waals surface area contributed by atoms with E-state index >= 15 is 0 Å². The van der Waals surface area contributed by atoms with Gasteiger partial charge < -0.3 is 10.6 Å². The van der Waals surface area contributed by atoms with Crippen molar-refractivity contribution in [3.8, 4) is 0 Å². The van der Waals surface area contributed by atoms with Crippen LogP contribution in [0.4, 0.5) is 5.95 Å². The number of hydrogen-bond acceptors (Lipinski definition) is 5. The van der Waals surface area contributed by atoms with Crippen LogP contribution in [0.25, 0.3) is 0 Å². The summed E-state index contributed by atoms with van der Waals surface area (Å²) in [6.45, 7) is 10.1. The third-order valence-electron chi connectivity index (χ3n) is 2.47. The van der Waals surface area contributed by atoms with Crippen LogP contribution in [0.3, 0.4) is 0 Å². The molecule has 0 spiro atoms. The molecule has 1 rings (SSSR count). The van der Waals surface area contributed by atoms with Crippen molar-refractivity contribution in [1.82, 2.24) is 20.5 Å². The number of rotatable bonds is 7. The Balaban J connectivity index is 2.48. The molecule has 17 heavy (non-hydrogen) atoms. The Bertz CT molecular complexity index is 338. The van der Waals surface area contributed by atoms with E-state index in [1.54, 1.807) is 0 Å². The van der Waals surface area contributed by atoms with Crippen LogP contribution in [0.15, 0.2) is 0 Å². The van der Waals surface area contributed by atoms with Crippen LogP contribution >= 0.6 is 0 Å². The van der Waals surface area contributed by atoms with Gasteiger partial charge in [0, 0.05) is 19.1 Å². The van der Waals surface area contributed by atoms with E-state index in [-0.39, 0.29) is 0 Å². The predicted molar refractivity (Wildman–Crippen MR) is 70.2 cm³/mol. The van der Waals surface area contributed by atoms with Gasteiger partial charge in [-0.05, 0) is 12.8 Å². The highest BCUT2D eigenvalue weighted by atomic mass is 15.2. The van der Waals surface area contributed by atoms with E-state index in [9.17, 15) is 0 Å². The molecular weight excluding hydrogens is 214 g/mol. The Morgan fingerprint density at radius 1 is 1.00 bits per heavy atom. The van der Waals surface area contributed by atoms with E-state index in [1.165, 1.54) is 0 Å². The fourth-order valence-electron chi connectivity index (χ4n) is 1.55. The van der Waals surface area contributed by atoms with Crippen molar-refractivity contribution in [1.29, 1.82) is 0 Å². The molecule has 0 saturated carbocycles. The molecule has 0 aliphatic carbocycles. The lowest BCUT2D eigenvalue weighted by Gasteiger charge is -2.10. The van der Waals surface area contributed by atoms with E-state index in [0.29, 0.717) is 12.0 Å². The highest BCUT2D eigenvalue weighted by Crippen LogP contribution is 2.06. The minimum atomic E-state index is 0.504. The summed E-state index contributed by atoms with van der Waals surface area (Å²) in [5.74, 6) is 0.629. The number of nitrogens with zero attached hydrogens (tertiary/aromatic N) is 3. The van der Waals surface area contributed by atoms with Crippen molar-refractivity contribution in [2.45, 2.75) is 46.6 Å². The van der Waals surface area contributed by atoms with E-state index in [4.69, 9.17) is 0 Å². The van der Waals surface area contributed by atoms with E-state index in [2.05, 4.69) is 53.5 Å². The molecule has 0 bridgehead atoms. The Kier molecular flexibility index (Phi) is 5.83. The third kappa shape index (κ3) is 4.65. The zero-order valence-electron chi connectivity index (χ0n) is 11.2. The molecule has 1 heterocycles. The summed E-state index contributed by atoms with van der Waals surface area (Å²) in [6, 6.07) is 0.504. The zero-order chi connectivity index (χ0) is 12.7. The van der Waals surface area contributed by atoms with Crippen LogP contribution in [0.2, 0.25) is 0 Å². The molecule has 0 aliphatic heterocycles. The van der Waals surface area contributed by atoms with Gasteiger partial charge in [-0.15, -0.1) is 5.10 Å². The first-order chi connectivity index (χ1) is 8.17. The Morgan fingerprint density at radius 2 is 1.71 bits per heavy atom. The maximum atomic E-state index is 4.47. The number of anilines is 1. The summed E-state index contributed by atoms with van der Waals surface area (Å²) in [6.07, 6.45) is 1.79. The molecule has 5 heteroatoms. The van der Waals surface area contributed by atoms with Crippen molar-refractivity contribution in [2.24, 2.45) is 0 Å². The van der Waals surface area contributed by atoms with Crippen molar-refractivity contribution in [2.75, 3.05) is 18.4 Å². The van der Waals surface area contributed by atoms with Gasteiger partial charge in [-0.25, -0.2) is 4.98 Å². The number of aromatic nitrogens is 3. The van der Waals surface area contributed by atoms with E-state index in [0.717, 1.165) is 37.3 Å². The van der Waals surface area contributed by atoms with Crippen molar-refractivity contribution in [3.63, 3.8) is 0 Å². The lowest BCUT2D eigenvalue weighted by Crippen LogP contribution is -2.28. The molecule has 0 aromatic carbocycles. The lowest BCUT2D eigenvalue weighted by molar-refractivity contribution is 0.601. The van der Waals surface area contributed by atoms with Crippen LogP contribution in [-0.2, 0) is 12.8 Å². The summed E-state index contributed by atoms with van der Waals surface area (Å²) >= 11 is 0. The quantitative estimate of drug-likeness (QED) is 0.702. The summed E-state index contributed by atoms with van der Waals surface area (Å²) in [7, 11) is 0. The summed E-state index contributed by atoms with van der Waals surface area (Å²) in [5.41, 5.74) is 2.04. The van der Waals surface area contributed by atoms with Gasteiger partial charge in [0.2, 0.25) is 5.95 Å². The van der Waals surface area contributed by atoms with Crippen LogP contribution in [0, 0.1) is 0 Å². The average molecular weight is 237 g/mol. The van der Waals surface area contributed by atoms with Gasteiger partial charge in [0.05, 0.1) is 11.4 Å². The predicted octanol–water partition coefficient (Wildman–Crippen LogP) is 1.41. The van der Waals surface area contributed by atoms with Gasteiger partial charge in [-0.1, -0.05) is 27.7 Å². The Hall–Kier alpha value is -1.23. The van der Waals surface area contributed by atoms with Crippen molar-refractivity contribution in [3.05, 3.63) is 11.4 Å². The number of nitrogens with one attached hydrogen (secondary N) is 2. The second kappa shape index (κ2) is 7.17. The second-order valence-electron chi connectivity index (χ2n) is 4.27. The minimum absolute atomic E-state index is 0.504. The maximum absolute atomic E-state index is 4.47. The van der Waals surface area contributed by atoms with Crippen LogP contribution in [0.5, 0.6) is 0 Å². The average Bonchev–Trinajstić information content (AvgIpc) is 2.34. The number of hydrogen-bond donors (Lipinski definition) is 2. The fraction of sp³-hybridized carbons (Fsp3) is 0.750. The SMILES string of the molecule is CCc1nnc(NCCNC(C)C)nc1CC. The molecule has 1 aromatic rings. The molecule has 0 aliphatic rings. The Morgan fingerprint density at radius 3 is 2.29 bits per heavy atom. The monoisotopic (exact) mass is 237 g/mol. The maximum Gasteiger partial charge on any atom is 0.243 e. The molecule has 1 aromatic heterocycles. The topological polar surface area (TPSA) is 62.7 Å². The normalized spacial score (nSPS) is 10.9. The Labute approximate surface area is 103 Å². The minimum Gasteiger partial charge on any atom is -0.352 e. The molecule has 2 N–H and O–H groups in total. The molecule has 0 saturated heterocycles. The second-order valence-corrected chi connectivity index (χ2v) is 4.27. The lowest BCUT2D eigenvalue weighted by atomic mass is 10.2. The van der Waals surface area contributed by atoms with Gasteiger partial charge in [0.25, 0.3) is 0 Å². The van der Waals surface area contributed by atoms with E-state index < -0.39 is 0 Å². The highest BCUT2D eigenvalue weighted by molar-refractivity contribution is 5.25. The first-order valence-electron chi connectivity index (χ1n) is 6.37. The molecular formula is C12H23N5. The van der Waals surface area contributed by atoms with Crippen LogP contribution in [0.1, 0.15) is 39.1 Å². The van der Waals surface area contributed by atoms with Crippen LogP contribution in [-0.4, -0.2) is 34.3 Å². The van der Waals surface area contributed by atoms with Crippen molar-refractivity contribution < 1.29 is 0 Å². The molecule has 0 fully saturated rings. The summed E-state index contributed by atoms with van der Waals surface area (Å²) < 4.78 is 0. The molecule has 5 nitrogen and oxygen atoms in total. The van der Waals surface area contributed by atoms with Gasteiger partial charge in [0.15, 0.2) is 0 Å². The van der Waals surface area contributed by atoms with Crippen molar-refractivity contribution >= 4 is 5.95 Å². The summed E-state index contributed by atoms with van der Waals surface area (Å²) in [5, 5.41) is 14.8. The standard InChI is InChI=1S/C12H23N5/c1-5-10-11(6-2)16-17-12(15-10)14-8-7-13-9(3)4/h9,13H,5-8H2,1-4H3,(H,14,15,17). The zero-order valence-corrected chi connectivity index (χ0v) is 11.2. The fourth-order valence-corrected chi connectivity index (χ4v) is 1.55. The van der Waals surface area contributed by atoms with Gasteiger partial charge in [0.1, 0.15) is 0 Å². The smallest absolute Gasteiger partial charge is 0.243 e. The molecule has 0 radical (unpaired) electrons. The number of aryl methyl sites for hydroxylation is 2. The van der Waals surface area contributed by atoms with E-state index in [1.807, 2.05) is 0 Å². The molecule has 96 valence electrons. The first kappa shape index (κ1) is 13.8. The summed E-state index contributed by atoms with van der Waals surface area (Å²) in [4.78, 5) is 4.47. The molecule has 0 amide bonds. The first-order valence-corrected chi connectivity index (χ1v) is 6.37. The largest absolute Gasteiger partial charge is 0.352 e.